The fraction of sp³-hybridized carbons (Fsp3) is 0.357. The fourth-order valence-electron chi connectivity index (χ4n) is 1.76. The Morgan fingerprint density at radius 1 is 1.33 bits per heavy atom. The Balaban J connectivity index is 2.07. The van der Waals surface area contributed by atoms with Gasteiger partial charge in [0.2, 0.25) is 5.95 Å². The van der Waals surface area contributed by atoms with Gasteiger partial charge in [-0.2, -0.15) is 0 Å². The number of carbonyl (C=O) groups excluding carboxylic acids is 1. The van der Waals surface area contributed by atoms with E-state index in [4.69, 9.17) is 10.5 Å². The molecule has 0 amide bonds. The Labute approximate surface area is 127 Å². The number of hydrogen-bond acceptors (Lipinski definition) is 6. The van der Waals surface area contributed by atoms with Gasteiger partial charge in [0.05, 0.1) is 18.9 Å². The molecule has 0 unspecified atom stereocenters. The van der Waals surface area contributed by atoms with Gasteiger partial charge >= 0.3 is 5.97 Å². The van der Waals surface area contributed by atoms with E-state index in [1.165, 1.54) is 17.3 Å². The molecule has 0 aliphatic carbocycles. The van der Waals surface area contributed by atoms with E-state index in [0.29, 0.717) is 24.3 Å². The molecule has 1 aromatic carbocycles. The van der Waals surface area contributed by atoms with Crippen LogP contribution in [0.1, 0.15) is 18.1 Å². The number of aryl methyl sites for hydroxylation is 1. The quantitative estimate of drug-likeness (QED) is 0.648. The van der Waals surface area contributed by atoms with Crippen LogP contribution in [0.5, 0.6) is 0 Å². The summed E-state index contributed by atoms with van der Waals surface area (Å²) in [5.41, 5.74) is 8.15. The van der Waals surface area contributed by atoms with Crippen molar-refractivity contribution in [2.45, 2.75) is 25.5 Å². The first-order valence-electron chi connectivity index (χ1n) is 6.62. The zero-order chi connectivity index (χ0) is 15.2. The minimum atomic E-state index is -0.272. The van der Waals surface area contributed by atoms with Gasteiger partial charge in [0.25, 0.3) is 0 Å². The van der Waals surface area contributed by atoms with Crippen molar-refractivity contribution in [1.82, 2.24) is 14.8 Å². The first-order valence-corrected chi connectivity index (χ1v) is 7.61. The predicted molar refractivity (Wildman–Crippen MR) is 82.1 cm³/mol. The number of nitrogens with zero attached hydrogens (tertiary/aromatic N) is 3. The van der Waals surface area contributed by atoms with E-state index in [9.17, 15) is 4.79 Å². The van der Waals surface area contributed by atoms with E-state index in [1.54, 1.807) is 11.5 Å². The molecule has 2 aromatic rings. The standard InChI is InChI=1S/C14H18N4O2S/c1-3-20-12(19)9-21-14-17-16-13(15)18(14)8-11-6-4-10(2)5-7-11/h4-7H,3,8-9H2,1-2H3,(H2,15,16). The molecule has 0 atom stereocenters. The second kappa shape index (κ2) is 7.12. The van der Waals surface area contributed by atoms with Crippen LogP contribution in [0.25, 0.3) is 0 Å². The van der Waals surface area contributed by atoms with Gasteiger partial charge in [-0.25, -0.2) is 0 Å². The van der Waals surface area contributed by atoms with E-state index in [2.05, 4.69) is 10.2 Å². The van der Waals surface area contributed by atoms with Crippen LogP contribution in [0.15, 0.2) is 29.4 Å². The van der Waals surface area contributed by atoms with Crippen molar-refractivity contribution in [3.05, 3.63) is 35.4 Å². The second-order valence-electron chi connectivity index (χ2n) is 4.51. The maximum atomic E-state index is 11.4. The SMILES string of the molecule is CCOC(=O)CSc1nnc(N)n1Cc1ccc(C)cc1. The number of esters is 1. The zero-order valence-electron chi connectivity index (χ0n) is 12.1. The summed E-state index contributed by atoms with van der Waals surface area (Å²) in [6, 6.07) is 8.16. The summed E-state index contributed by atoms with van der Waals surface area (Å²) in [6.45, 7) is 4.76. The highest BCUT2D eigenvalue weighted by molar-refractivity contribution is 7.99. The Bertz CT molecular complexity index is 610. The molecule has 21 heavy (non-hydrogen) atoms. The lowest BCUT2D eigenvalue weighted by Crippen LogP contribution is -2.09. The maximum Gasteiger partial charge on any atom is 0.316 e. The van der Waals surface area contributed by atoms with Crippen molar-refractivity contribution in [3.63, 3.8) is 0 Å². The molecule has 6 nitrogen and oxygen atoms in total. The lowest BCUT2D eigenvalue weighted by atomic mass is 10.1. The van der Waals surface area contributed by atoms with Crippen molar-refractivity contribution in [2.75, 3.05) is 18.1 Å². The number of hydrogen-bond donors (Lipinski definition) is 1. The van der Waals surface area contributed by atoms with Gasteiger partial charge in [-0.3, -0.25) is 9.36 Å². The normalized spacial score (nSPS) is 10.6. The molecule has 2 N–H and O–H groups in total. The number of benzene rings is 1. The number of ether oxygens (including phenoxy) is 1. The van der Waals surface area contributed by atoms with Crippen molar-refractivity contribution in [2.24, 2.45) is 0 Å². The van der Waals surface area contributed by atoms with Crippen LogP contribution in [0.3, 0.4) is 0 Å². The second-order valence-corrected chi connectivity index (χ2v) is 5.45. The number of nitrogens with two attached hydrogens (primary N) is 1. The van der Waals surface area contributed by atoms with Gasteiger partial charge in [-0.1, -0.05) is 41.6 Å². The first kappa shape index (κ1) is 15.4. The van der Waals surface area contributed by atoms with E-state index < -0.39 is 0 Å². The van der Waals surface area contributed by atoms with Crippen LogP contribution in [-0.2, 0) is 16.1 Å². The van der Waals surface area contributed by atoms with Gasteiger partial charge < -0.3 is 10.5 Å². The van der Waals surface area contributed by atoms with Crippen molar-refractivity contribution < 1.29 is 9.53 Å². The lowest BCUT2D eigenvalue weighted by Gasteiger charge is -2.08. The van der Waals surface area contributed by atoms with Crippen molar-refractivity contribution in [3.8, 4) is 0 Å². The Morgan fingerprint density at radius 2 is 2.05 bits per heavy atom. The van der Waals surface area contributed by atoms with Gasteiger partial charge in [-0.05, 0) is 19.4 Å². The predicted octanol–water partition coefficient (Wildman–Crippen LogP) is 1.87. The summed E-state index contributed by atoms with van der Waals surface area (Å²) in [7, 11) is 0. The van der Waals surface area contributed by atoms with E-state index in [1.807, 2.05) is 31.2 Å². The minimum absolute atomic E-state index is 0.194. The third-order valence-corrected chi connectivity index (χ3v) is 3.77. The highest BCUT2D eigenvalue weighted by atomic mass is 32.2. The third-order valence-electron chi connectivity index (χ3n) is 2.83. The van der Waals surface area contributed by atoms with Crippen LogP contribution in [0, 0.1) is 6.92 Å². The Kier molecular flexibility index (Phi) is 5.21. The van der Waals surface area contributed by atoms with Gasteiger partial charge in [0.1, 0.15) is 0 Å². The number of thioether (sulfide) groups is 1. The van der Waals surface area contributed by atoms with Crippen LogP contribution < -0.4 is 5.73 Å². The summed E-state index contributed by atoms with van der Waals surface area (Å²) in [5, 5.41) is 8.49. The van der Waals surface area contributed by atoms with Crippen molar-refractivity contribution in [1.29, 1.82) is 0 Å². The number of rotatable bonds is 6. The molecule has 0 spiro atoms. The summed E-state index contributed by atoms with van der Waals surface area (Å²) in [5.74, 6) is 0.257. The smallest absolute Gasteiger partial charge is 0.316 e. The highest BCUT2D eigenvalue weighted by Gasteiger charge is 2.13. The lowest BCUT2D eigenvalue weighted by molar-refractivity contribution is -0.139. The summed E-state index contributed by atoms with van der Waals surface area (Å²) >= 11 is 1.27. The molecule has 0 saturated carbocycles. The average molecular weight is 306 g/mol. The number of carbonyl (C=O) groups is 1. The number of nitrogen functional groups attached to an aromatic ring is 1. The molecule has 1 aromatic heterocycles. The minimum Gasteiger partial charge on any atom is -0.465 e. The summed E-state index contributed by atoms with van der Waals surface area (Å²) in [4.78, 5) is 11.4. The Morgan fingerprint density at radius 3 is 2.71 bits per heavy atom. The third kappa shape index (κ3) is 4.22. The van der Waals surface area contributed by atoms with Gasteiger partial charge in [-0.15, -0.1) is 10.2 Å². The zero-order valence-corrected chi connectivity index (χ0v) is 12.9. The van der Waals surface area contributed by atoms with E-state index >= 15 is 0 Å². The molecular formula is C14H18N4O2S. The van der Waals surface area contributed by atoms with Gasteiger partial charge in [0, 0.05) is 0 Å². The van der Waals surface area contributed by atoms with Gasteiger partial charge in [0.15, 0.2) is 5.16 Å². The molecule has 2 rings (SSSR count). The van der Waals surface area contributed by atoms with Crippen LogP contribution in [0.2, 0.25) is 0 Å². The fourth-order valence-corrected chi connectivity index (χ4v) is 2.50. The molecule has 112 valence electrons. The first-order chi connectivity index (χ1) is 10.1. The molecule has 1 heterocycles. The molecule has 7 heteroatoms. The summed E-state index contributed by atoms with van der Waals surface area (Å²) in [6.07, 6.45) is 0. The number of aromatic nitrogens is 3. The molecule has 0 fully saturated rings. The molecule has 0 saturated heterocycles. The highest BCUT2D eigenvalue weighted by Crippen LogP contribution is 2.20. The van der Waals surface area contributed by atoms with Crippen LogP contribution >= 0.6 is 11.8 Å². The monoisotopic (exact) mass is 306 g/mol. The molecule has 0 bridgehead atoms. The molecule has 0 aliphatic rings. The maximum absolute atomic E-state index is 11.4. The topological polar surface area (TPSA) is 83.0 Å². The van der Waals surface area contributed by atoms with E-state index in [-0.39, 0.29) is 11.7 Å². The largest absolute Gasteiger partial charge is 0.465 e. The van der Waals surface area contributed by atoms with Crippen LogP contribution in [-0.4, -0.2) is 33.1 Å². The molecular weight excluding hydrogens is 288 g/mol. The van der Waals surface area contributed by atoms with E-state index in [0.717, 1.165) is 5.56 Å². The number of anilines is 1. The van der Waals surface area contributed by atoms with Crippen molar-refractivity contribution >= 4 is 23.7 Å². The summed E-state index contributed by atoms with van der Waals surface area (Å²) < 4.78 is 6.68. The Hall–Kier alpha value is -2.02. The average Bonchev–Trinajstić information content (AvgIpc) is 2.80. The molecule has 0 aliphatic heterocycles. The molecule has 0 radical (unpaired) electrons. The van der Waals surface area contributed by atoms with Crippen LogP contribution in [0.4, 0.5) is 5.95 Å².